The quantitative estimate of drug-likeness (QED) is 0.836. The molecule has 4 heteroatoms. The zero-order chi connectivity index (χ0) is 15.1. The highest BCUT2D eigenvalue weighted by molar-refractivity contribution is 5.43. The minimum absolute atomic E-state index is 0.864. The summed E-state index contributed by atoms with van der Waals surface area (Å²) in [6.45, 7) is 7.85. The number of piperidine rings is 1. The molecule has 118 valence electrons. The molecule has 2 rings (SSSR count). The van der Waals surface area contributed by atoms with Crippen LogP contribution in [0.25, 0.3) is 0 Å². The van der Waals surface area contributed by atoms with Gasteiger partial charge in [0.2, 0.25) is 0 Å². The van der Waals surface area contributed by atoms with E-state index in [1.165, 1.54) is 38.0 Å². The molecule has 0 aromatic carbocycles. The van der Waals surface area contributed by atoms with Gasteiger partial charge in [0.15, 0.2) is 0 Å². The molecule has 1 saturated heterocycles. The molecule has 0 unspecified atom stereocenters. The summed E-state index contributed by atoms with van der Waals surface area (Å²) in [6.07, 6.45) is 5.64. The molecule has 1 aliphatic heterocycles. The fourth-order valence-electron chi connectivity index (χ4n) is 3.05. The molecule has 1 N–H and O–H groups in total. The number of rotatable bonds is 7. The van der Waals surface area contributed by atoms with Crippen molar-refractivity contribution in [3.05, 3.63) is 23.9 Å². The van der Waals surface area contributed by atoms with Crippen LogP contribution in [0.3, 0.4) is 0 Å². The van der Waals surface area contributed by atoms with Gasteiger partial charge in [-0.15, -0.1) is 0 Å². The minimum Gasteiger partial charge on any atom is -0.370 e. The van der Waals surface area contributed by atoms with E-state index in [0.717, 1.165) is 31.2 Å². The van der Waals surface area contributed by atoms with E-state index in [-0.39, 0.29) is 0 Å². The molecule has 1 aliphatic rings. The van der Waals surface area contributed by atoms with Crippen molar-refractivity contribution >= 4 is 5.82 Å². The van der Waals surface area contributed by atoms with E-state index in [2.05, 4.69) is 47.2 Å². The third kappa shape index (κ3) is 5.29. The average Bonchev–Trinajstić information content (AvgIpc) is 2.48. The van der Waals surface area contributed by atoms with E-state index in [1.54, 1.807) is 0 Å². The summed E-state index contributed by atoms with van der Waals surface area (Å²) in [5.41, 5.74) is 1.33. The van der Waals surface area contributed by atoms with Gasteiger partial charge in [-0.2, -0.15) is 0 Å². The van der Waals surface area contributed by atoms with Crippen LogP contribution in [0.4, 0.5) is 5.82 Å². The highest BCUT2D eigenvalue weighted by atomic mass is 15.1. The van der Waals surface area contributed by atoms with Crippen molar-refractivity contribution in [2.75, 3.05) is 45.6 Å². The molecule has 4 nitrogen and oxygen atoms in total. The van der Waals surface area contributed by atoms with E-state index in [4.69, 9.17) is 0 Å². The molecule has 1 aromatic rings. The number of nitrogens with one attached hydrogen (secondary N) is 1. The van der Waals surface area contributed by atoms with Gasteiger partial charge in [0.25, 0.3) is 0 Å². The Morgan fingerprint density at radius 1 is 1.33 bits per heavy atom. The maximum atomic E-state index is 4.49. The van der Waals surface area contributed by atoms with Crippen molar-refractivity contribution in [2.45, 2.75) is 32.7 Å². The Morgan fingerprint density at radius 2 is 2.10 bits per heavy atom. The molecule has 0 atom stereocenters. The first-order valence-electron chi connectivity index (χ1n) is 8.24. The summed E-state index contributed by atoms with van der Waals surface area (Å²) in [7, 11) is 4.35. The van der Waals surface area contributed by atoms with Crippen molar-refractivity contribution < 1.29 is 0 Å². The maximum absolute atomic E-state index is 4.49. The van der Waals surface area contributed by atoms with Crippen molar-refractivity contribution in [1.29, 1.82) is 0 Å². The normalized spacial score (nSPS) is 17.3. The molecule has 1 fully saturated rings. The second kappa shape index (κ2) is 8.35. The van der Waals surface area contributed by atoms with Crippen molar-refractivity contribution in [3.63, 3.8) is 0 Å². The molecule has 2 heterocycles. The zero-order valence-electron chi connectivity index (χ0n) is 13.8. The number of hydrogen-bond donors (Lipinski definition) is 1. The smallest absolute Gasteiger partial charge is 0.130 e. The van der Waals surface area contributed by atoms with E-state index in [0.29, 0.717) is 0 Å². The molecule has 0 saturated carbocycles. The van der Waals surface area contributed by atoms with Crippen molar-refractivity contribution in [2.24, 2.45) is 5.92 Å². The van der Waals surface area contributed by atoms with E-state index in [1.807, 2.05) is 12.3 Å². The van der Waals surface area contributed by atoms with Crippen molar-refractivity contribution in [1.82, 2.24) is 14.8 Å². The van der Waals surface area contributed by atoms with Crippen LogP contribution in [-0.4, -0.2) is 55.1 Å². The summed E-state index contributed by atoms with van der Waals surface area (Å²) >= 11 is 0. The van der Waals surface area contributed by atoms with Gasteiger partial charge in [-0.05, 0) is 58.4 Å². The van der Waals surface area contributed by atoms with Crippen molar-refractivity contribution in [3.8, 4) is 0 Å². The molecule has 0 spiro atoms. The minimum atomic E-state index is 0.864. The lowest BCUT2D eigenvalue weighted by Crippen LogP contribution is -2.36. The number of nitrogens with zero attached hydrogens (tertiary/aromatic N) is 3. The second-order valence-electron chi connectivity index (χ2n) is 6.42. The molecule has 0 aliphatic carbocycles. The van der Waals surface area contributed by atoms with Gasteiger partial charge in [0.05, 0.1) is 0 Å². The fourth-order valence-corrected chi connectivity index (χ4v) is 3.05. The van der Waals surface area contributed by atoms with E-state index >= 15 is 0 Å². The summed E-state index contributed by atoms with van der Waals surface area (Å²) in [5, 5.41) is 3.44. The maximum Gasteiger partial charge on any atom is 0.130 e. The zero-order valence-corrected chi connectivity index (χ0v) is 13.8. The Balaban J connectivity index is 1.85. The molecular formula is C17H30N4. The van der Waals surface area contributed by atoms with Crippen LogP contribution in [-0.2, 0) is 6.54 Å². The lowest BCUT2D eigenvalue weighted by atomic mass is 9.96. The van der Waals surface area contributed by atoms with Crippen LogP contribution in [0, 0.1) is 5.92 Å². The average molecular weight is 290 g/mol. The monoisotopic (exact) mass is 290 g/mol. The van der Waals surface area contributed by atoms with Gasteiger partial charge in [-0.3, -0.25) is 4.90 Å². The van der Waals surface area contributed by atoms with E-state index < -0.39 is 0 Å². The summed E-state index contributed by atoms with van der Waals surface area (Å²) in [4.78, 5) is 9.38. The highest BCUT2D eigenvalue weighted by Gasteiger charge is 2.20. The largest absolute Gasteiger partial charge is 0.370 e. The Kier molecular flexibility index (Phi) is 6.46. The first kappa shape index (κ1) is 16.2. The molecule has 1 aromatic heterocycles. The topological polar surface area (TPSA) is 31.4 Å². The van der Waals surface area contributed by atoms with Gasteiger partial charge in [-0.1, -0.05) is 13.0 Å². The molecular weight excluding hydrogens is 260 g/mol. The van der Waals surface area contributed by atoms with Crippen LogP contribution in [0.15, 0.2) is 18.3 Å². The number of pyridine rings is 1. The predicted octanol–water partition coefficient (Wildman–Crippen LogP) is 2.68. The lowest BCUT2D eigenvalue weighted by Gasteiger charge is -2.33. The van der Waals surface area contributed by atoms with Gasteiger partial charge in [0, 0.05) is 31.4 Å². The molecule has 21 heavy (non-hydrogen) atoms. The van der Waals surface area contributed by atoms with E-state index in [9.17, 15) is 0 Å². The number of likely N-dealkylation sites (tertiary alicyclic amines) is 1. The summed E-state index contributed by atoms with van der Waals surface area (Å²) in [5.74, 6) is 1.93. The van der Waals surface area contributed by atoms with Gasteiger partial charge >= 0.3 is 0 Å². The molecule has 0 radical (unpaired) electrons. The lowest BCUT2D eigenvalue weighted by molar-refractivity contribution is 0.157. The van der Waals surface area contributed by atoms with Crippen LogP contribution in [0.1, 0.15) is 31.7 Å². The Hall–Kier alpha value is -1.13. The number of hydrogen-bond acceptors (Lipinski definition) is 4. The van der Waals surface area contributed by atoms with Gasteiger partial charge < -0.3 is 10.2 Å². The Bertz CT molecular complexity index is 411. The van der Waals surface area contributed by atoms with Gasteiger partial charge in [0.1, 0.15) is 5.82 Å². The van der Waals surface area contributed by atoms with Gasteiger partial charge in [-0.25, -0.2) is 4.98 Å². The number of anilines is 1. The number of aromatic nitrogens is 1. The molecule has 0 bridgehead atoms. The first-order chi connectivity index (χ1) is 10.2. The highest BCUT2D eigenvalue weighted by Crippen LogP contribution is 2.21. The Labute approximate surface area is 129 Å². The summed E-state index contributed by atoms with van der Waals surface area (Å²) < 4.78 is 0. The van der Waals surface area contributed by atoms with Crippen LogP contribution in [0.2, 0.25) is 0 Å². The second-order valence-corrected chi connectivity index (χ2v) is 6.42. The van der Waals surface area contributed by atoms with Crippen LogP contribution in [0.5, 0.6) is 0 Å². The Morgan fingerprint density at radius 3 is 2.76 bits per heavy atom. The van der Waals surface area contributed by atoms with Crippen LogP contribution < -0.4 is 5.32 Å². The summed E-state index contributed by atoms with van der Waals surface area (Å²) in [6, 6.07) is 4.25. The standard InChI is InChI=1S/C17H30N4/c1-4-9-18-17-16(6-5-10-19-17)14-21-11-7-15(8-12-21)13-20(2)3/h5-6,10,15H,4,7-9,11-14H2,1-3H3,(H,18,19). The third-order valence-electron chi connectivity index (χ3n) is 4.16. The fraction of sp³-hybridized carbons (Fsp3) is 0.706. The SMILES string of the molecule is CCCNc1ncccc1CN1CCC(CN(C)C)CC1. The predicted molar refractivity (Wildman–Crippen MR) is 89.6 cm³/mol. The third-order valence-corrected chi connectivity index (χ3v) is 4.16. The first-order valence-corrected chi connectivity index (χ1v) is 8.24. The van der Waals surface area contributed by atoms with Crippen LogP contribution >= 0.6 is 0 Å². The molecule has 0 amide bonds.